The number of methoxy groups -OCH3 is 2. The molecule has 3 aliphatic rings. The smallest absolute Gasteiger partial charge is 0.409 e. The molecule has 232 valence electrons. The third-order valence-electron chi connectivity index (χ3n) is 8.44. The van der Waals surface area contributed by atoms with E-state index in [1.165, 1.54) is 19.1 Å². The summed E-state index contributed by atoms with van der Waals surface area (Å²) in [6.07, 6.45) is 0.667. The molecule has 12 heteroatoms. The zero-order chi connectivity index (χ0) is 31.0. The molecule has 2 amide bonds. The van der Waals surface area contributed by atoms with Crippen LogP contribution in [0.5, 0.6) is 5.75 Å². The summed E-state index contributed by atoms with van der Waals surface area (Å²) < 4.78 is 28.7. The Morgan fingerprint density at radius 2 is 1.98 bits per heavy atom. The molecule has 2 fully saturated rings. The predicted octanol–water partition coefficient (Wildman–Crippen LogP) is 3.77. The molecule has 42 heavy (non-hydrogen) atoms. The van der Waals surface area contributed by atoms with Crippen LogP contribution in [0.15, 0.2) is 24.3 Å². The highest BCUT2D eigenvalue weighted by Gasteiger charge is 2.64. The highest BCUT2D eigenvalue weighted by atomic mass is 35.5. The number of hydrogen-bond donors (Lipinski definition) is 2. The largest absolute Gasteiger partial charge is 0.495 e. The number of amides is 2. The molecule has 3 aliphatic heterocycles. The molecule has 1 aromatic carbocycles. The number of rotatable bonds is 4. The van der Waals surface area contributed by atoms with Crippen LogP contribution in [0.3, 0.4) is 0 Å². The Labute approximate surface area is 251 Å². The summed E-state index contributed by atoms with van der Waals surface area (Å²) in [5.41, 5.74) is -1.48. The molecule has 7 atom stereocenters. The minimum Gasteiger partial charge on any atom is -0.495 e. The summed E-state index contributed by atoms with van der Waals surface area (Å²) in [7, 11) is 4.57. The van der Waals surface area contributed by atoms with E-state index in [1.807, 2.05) is 19.1 Å². The molecular formula is C30H41ClN2O9. The average Bonchev–Trinajstić information content (AvgIpc) is 3.63. The number of allylic oxidation sites excluding steroid dienone is 1. The number of halogens is 1. The number of carbonyl (C=O) groups is 3. The lowest BCUT2D eigenvalue weighted by Crippen LogP contribution is -2.63. The molecule has 0 spiro atoms. The van der Waals surface area contributed by atoms with Gasteiger partial charge in [0.2, 0.25) is 5.91 Å². The van der Waals surface area contributed by atoms with Crippen molar-refractivity contribution in [1.29, 1.82) is 0 Å². The molecule has 4 bridgehead atoms. The summed E-state index contributed by atoms with van der Waals surface area (Å²) in [5.74, 6) is -1.25. The van der Waals surface area contributed by atoms with Gasteiger partial charge < -0.3 is 33.7 Å². The first kappa shape index (κ1) is 32.1. The van der Waals surface area contributed by atoms with Crippen LogP contribution in [0.4, 0.5) is 10.5 Å². The topological polar surface area (TPSA) is 136 Å². The number of ether oxygens (including phenoxy) is 5. The Hall–Kier alpha value is -2.86. The molecule has 0 radical (unpaired) electrons. The normalized spacial score (nSPS) is 33.6. The highest BCUT2D eigenvalue weighted by molar-refractivity contribution is 6.35. The molecular weight excluding hydrogens is 568 g/mol. The van der Waals surface area contributed by atoms with Gasteiger partial charge in [-0.3, -0.25) is 14.9 Å². The number of epoxide rings is 1. The second kappa shape index (κ2) is 12.4. The molecule has 1 aromatic rings. The van der Waals surface area contributed by atoms with Crippen molar-refractivity contribution in [3.63, 3.8) is 0 Å². The lowest BCUT2D eigenvalue weighted by atomic mass is 9.83. The number of nitrogens with one attached hydrogen (secondary N) is 1. The van der Waals surface area contributed by atoms with Gasteiger partial charge in [0.15, 0.2) is 5.72 Å². The molecule has 4 rings (SSSR count). The number of anilines is 1. The van der Waals surface area contributed by atoms with Crippen LogP contribution in [-0.2, 0) is 35.0 Å². The van der Waals surface area contributed by atoms with Crippen LogP contribution in [0.2, 0.25) is 5.02 Å². The van der Waals surface area contributed by atoms with Gasteiger partial charge >= 0.3 is 12.1 Å². The van der Waals surface area contributed by atoms with Crippen LogP contribution >= 0.6 is 11.6 Å². The van der Waals surface area contributed by atoms with Crippen molar-refractivity contribution in [3.05, 3.63) is 34.9 Å². The van der Waals surface area contributed by atoms with E-state index < -0.39 is 59.6 Å². The summed E-state index contributed by atoms with van der Waals surface area (Å²) in [6.45, 7) is 7.02. The fraction of sp³-hybridized carbons (Fsp3) is 0.633. The number of aliphatic hydroxyl groups is 1. The molecule has 0 saturated carbocycles. The van der Waals surface area contributed by atoms with Crippen molar-refractivity contribution < 1.29 is 43.2 Å². The molecule has 0 unspecified atom stereocenters. The highest BCUT2D eigenvalue weighted by Crippen LogP contribution is 2.49. The van der Waals surface area contributed by atoms with Gasteiger partial charge in [0.25, 0.3) is 0 Å². The second-order valence-corrected chi connectivity index (χ2v) is 12.1. The molecule has 0 aliphatic carbocycles. The number of alkyl carbamates (subject to hydrolysis) is 1. The number of hydrogen-bond acceptors (Lipinski definition) is 9. The fourth-order valence-electron chi connectivity index (χ4n) is 5.69. The first-order valence-electron chi connectivity index (χ1n) is 14.2. The maximum Gasteiger partial charge on any atom is 0.409 e. The molecule has 2 N–H and O–H groups in total. The summed E-state index contributed by atoms with van der Waals surface area (Å²) in [6, 6.07) is 3.62. The summed E-state index contributed by atoms with van der Waals surface area (Å²) >= 11 is 6.64. The average molecular weight is 609 g/mol. The van der Waals surface area contributed by atoms with E-state index in [0.29, 0.717) is 24.3 Å². The van der Waals surface area contributed by atoms with Crippen LogP contribution in [0, 0.1) is 11.8 Å². The van der Waals surface area contributed by atoms with Crippen LogP contribution < -0.4 is 15.0 Å². The van der Waals surface area contributed by atoms with E-state index in [0.717, 1.165) is 5.56 Å². The van der Waals surface area contributed by atoms with Gasteiger partial charge in [-0.25, -0.2) is 4.79 Å². The van der Waals surface area contributed by atoms with Crippen LogP contribution in [-0.4, -0.2) is 80.1 Å². The van der Waals surface area contributed by atoms with Gasteiger partial charge in [-0.1, -0.05) is 44.5 Å². The molecule has 11 nitrogen and oxygen atoms in total. The second-order valence-electron chi connectivity index (χ2n) is 11.8. The Balaban J connectivity index is 1.76. The predicted molar refractivity (Wildman–Crippen MR) is 154 cm³/mol. The van der Waals surface area contributed by atoms with Crippen molar-refractivity contribution >= 4 is 35.3 Å². The van der Waals surface area contributed by atoms with Crippen LogP contribution in [0.25, 0.3) is 0 Å². The Kier molecular flexibility index (Phi) is 9.46. The molecule has 2 saturated heterocycles. The Bertz CT molecular complexity index is 1240. The third-order valence-corrected chi connectivity index (χ3v) is 8.82. The lowest BCUT2D eigenvalue weighted by molar-refractivity contribution is -0.157. The maximum absolute atomic E-state index is 13.7. The van der Waals surface area contributed by atoms with Crippen molar-refractivity contribution in [2.45, 2.75) is 89.1 Å². The van der Waals surface area contributed by atoms with E-state index in [9.17, 15) is 19.5 Å². The van der Waals surface area contributed by atoms with Gasteiger partial charge in [0, 0.05) is 26.5 Å². The zero-order valence-electron chi connectivity index (χ0n) is 25.1. The Morgan fingerprint density at radius 3 is 2.62 bits per heavy atom. The van der Waals surface area contributed by atoms with Crippen molar-refractivity contribution in [2.24, 2.45) is 11.8 Å². The maximum atomic E-state index is 13.7. The first-order valence-corrected chi connectivity index (χ1v) is 14.5. The Morgan fingerprint density at radius 1 is 1.26 bits per heavy atom. The fourth-order valence-corrected chi connectivity index (χ4v) is 6.01. The number of aryl methyl sites for hydroxylation is 1. The molecule has 3 heterocycles. The van der Waals surface area contributed by atoms with Crippen molar-refractivity contribution in [1.82, 2.24) is 5.32 Å². The van der Waals surface area contributed by atoms with E-state index in [4.69, 9.17) is 35.3 Å². The number of carbonyl (C=O) groups excluding carboxylic acids is 3. The van der Waals surface area contributed by atoms with Gasteiger partial charge in [-0.2, -0.15) is 0 Å². The van der Waals surface area contributed by atoms with E-state index in [2.05, 4.69) is 5.32 Å². The summed E-state index contributed by atoms with van der Waals surface area (Å²) in [4.78, 5) is 40.5. The number of fused-ring (bicyclic) bond motifs is 5. The number of nitrogens with zero attached hydrogens (tertiary/aromatic N) is 1. The number of benzene rings is 1. The zero-order valence-corrected chi connectivity index (χ0v) is 25.9. The third kappa shape index (κ3) is 6.39. The molecule has 0 aromatic heterocycles. The van der Waals surface area contributed by atoms with Gasteiger partial charge in [0.1, 0.15) is 34.7 Å². The van der Waals surface area contributed by atoms with E-state index in [-0.39, 0.29) is 23.8 Å². The first-order chi connectivity index (χ1) is 19.7. The quantitative estimate of drug-likeness (QED) is 0.297. The number of esters is 1. The minimum absolute atomic E-state index is 0.0224. The van der Waals surface area contributed by atoms with Gasteiger partial charge in [0.05, 0.1) is 31.2 Å². The van der Waals surface area contributed by atoms with Crippen LogP contribution in [0.1, 0.15) is 52.5 Å². The SMILES string of the molecule is COc1cc2cc(c1Cl)N(C)C(=O)C[C@H](OC(=O)C(C)C)[C@@]1(C)O[C@H]1[C@H](C)[C@@H]1C[C@@](O)(NC(=O)O1)[C@H](OC)C=CCC2. The van der Waals surface area contributed by atoms with Gasteiger partial charge in [-0.15, -0.1) is 0 Å². The van der Waals surface area contributed by atoms with E-state index in [1.54, 1.807) is 40.0 Å². The monoisotopic (exact) mass is 608 g/mol. The lowest BCUT2D eigenvalue weighted by Gasteiger charge is -2.42. The van der Waals surface area contributed by atoms with Crippen molar-refractivity contribution in [3.8, 4) is 5.75 Å². The minimum atomic E-state index is -1.74. The summed E-state index contributed by atoms with van der Waals surface area (Å²) in [5, 5.41) is 14.3. The van der Waals surface area contributed by atoms with Gasteiger partial charge in [-0.05, 0) is 37.5 Å². The standard InChI is InChI=1S/C30H41ClN2O9/c1-16(2)27(35)41-23-14-24(34)33(5)19-12-18(13-20(38-6)25(19)31)10-8-9-11-22(39-7)30(37)15-21(40-28(36)32-30)17(3)26-29(23,4)42-26/h9,11-13,16-17,21-23,26,37H,8,10,14-15H2,1-7H3,(H,32,36)/t17-,21+,22-,23+,26+,29-,30+/m1/s1. The van der Waals surface area contributed by atoms with Crippen molar-refractivity contribution in [2.75, 3.05) is 26.2 Å². The van der Waals surface area contributed by atoms with E-state index >= 15 is 0 Å².